The molecule has 4 heteroatoms. The lowest BCUT2D eigenvalue weighted by atomic mass is 9.33. The van der Waals surface area contributed by atoms with Crippen LogP contribution in [-0.2, 0) is 37.9 Å². The molecule has 2 heterocycles. The summed E-state index contributed by atoms with van der Waals surface area (Å²) in [5.74, 6) is 0. The monoisotopic (exact) mass is 1130 g/mol. The normalized spacial score (nSPS) is 15.4. The lowest BCUT2D eigenvalue weighted by Gasteiger charge is -2.48. The van der Waals surface area contributed by atoms with E-state index in [0.29, 0.717) is 0 Å². The molecule has 3 aliphatic rings. The Kier molecular flexibility index (Phi) is 14.0. The van der Waals surface area contributed by atoms with Crippen LogP contribution in [0.3, 0.4) is 0 Å². The average molecular weight is 1130 g/mol. The molecule has 86 heavy (non-hydrogen) atoms. The van der Waals surface area contributed by atoms with E-state index in [-0.39, 0.29) is 44.6 Å². The van der Waals surface area contributed by atoms with Gasteiger partial charge in [-0.15, -0.1) is 0 Å². The van der Waals surface area contributed by atoms with Gasteiger partial charge in [0.2, 0.25) is 0 Å². The Morgan fingerprint density at radius 2 is 0.779 bits per heavy atom. The second-order valence-corrected chi connectivity index (χ2v) is 31.9. The van der Waals surface area contributed by atoms with E-state index < -0.39 is 0 Å². The molecule has 0 saturated heterocycles. The summed E-state index contributed by atoms with van der Waals surface area (Å²) >= 11 is 0. The molecule has 0 fully saturated rings. The molecule has 0 atom stereocenters. The molecule has 438 valence electrons. The van der Waals surface area contributed by atoms with Gasteiger partial charge in [-0.3, -0.25) is 0 Å². The fourth-order valence-corrected chi connectivity index (χ4v) is 13.9. The maximum absolute atomic E-state index is 2.73. The molecule has 0 aromatic heterocycles. The van der Waals surface area contributed by atoms with Crippen molar-refractivity contribution in [1.82, 2.24) is 0 Å². The number of rotatable bonds is 7. The van der Waals surface area contributed by atoms with Gasteiger partial charge >= 0.3 is 0 Å². The first-order valence-corrected chi connectivity index (χ1v) is 31.8. The van der Waals surface area contributed by atoms with Gasteiger partial charge in [0, 0.05) is 45.4 Å². The predicted octanol–water partition coefficient (Wildman–Crippen LogP) is 21.4. The summed E-state index contributed by atoms with van der Waals surface area (Å²) in [5.41, 5.74) is 28.5. The van der Waals surface area contributed by atoms with E-state index >= 15 is 0 Å². The maximum Gasteiger partial charge on any atom is 0.252 e. The largest absolute Gasteiger partial charge is 0.311 e. The molecule has 0 N–H and O–H groups in total. The minimum atomic E-state index is -0.100. The van der Waals surface area contributed by atoms with E-state index in [2.05, 4.69) is 334 Å². The predicted molar refractivity (Wildman–Crippen MR) is 375 cm³/mol. The molecular weight excluding hydrogens is 1040 g/mol. The van der Waals surface area contributed by atoms with Crippen molar-refractivity contribution in [1.29, 1.82) is 0 Å². The van der Waals surface area contributed by atoms with Crippen molar-refractivity contribution < 1.29 is 0 Å². The van der Waals surface area contributed by atoms with Crippen molar-refractivity contribution in [2.75, 3.05) is 14.7 Å². The summed E-state index contributed by atoms with van der Waals surface area (Å²) in [6.45, 7) is 45.0. The molecule has 12 rings (SSSR count). The second kappa shape index (κ2) is 20.5. The molecule has 0 spiro atoms. The van der Waals surface area contributed by atoms with Crippen LogP contribution in [0.15, 0.2) is 188 Å². The van der Waals surface area contributed by atoms with Gasteiger partial charge in [0.15, 0.2) is 0 Å². The third kappa shape index (κ3) is 10.5. The van der Waals surface area contributed by atoms with Gasteiger partial charge in [0.25, 0.3) is 6.71 Å². The summed E-state index contributed by atoms with van der Waals surface area (Å²) < 4.78 is 0. The average Bonchev–Trinajstić information content (AvgIpc) is 0.848. The summed E-state index contributed by atoms with van der Waals surface area (Å²) in [7, 11) is 0. The van der Waals surface area contributed by atoms with E-state index in [0.717, 1.165) is 35.6 Å². The smallest absolute Gasteiger partial charge is 0.252 e. The van der Waals surface area contributed by atoms with Gasteiger partial charge in [-0.2, -0.15) is 0 Å². The number of hydrogen-bond donors (Lipinski definition) is 0. The first-order valence-electron chi connectivity index (χ1n) is 31.8. The Morgan fingerprint density at radius 3 is 1.31 bits per heavy atom. The van der Waals surface area contributed by atoms with Crippen LogP contribution in [0.25, 0.3) is 22.3 Å². The highest BCUT2D eigenvalue weighted by Crippen LogP contribution is 2.54. The molecule has 9 aromatic rings. The van der Waals surface area contributed by atoms with Gasteiger partial charge < -0.3 is 14.7 Å². The SMILES string of the molecule is CC(C)(C)c1ccc(N2c3ccc(C(C)(C)C)cc3B3c4cc5c(cc4N(c4ccc(C(C)(C)C)cc4-c4ccc(-c6ccccc6)cc4)c4cc(N(c6cccc(C(C)(C)C)c6)c6cccc(C(C)(C)C)c6)cc2c43)C(C)(C)CCC5(C)C)cc1. The summed E-state index contributed by atoms with van der Waals surface area (Å²) in [6.07, 6.45) is 2.25. The third-order valence-corrected chi connectivity index (χ3v) is 19.5. The van der Waals surface area contributed by atoms with Crippen LogP contribution in [0, 0.1) is 0 Å². The Labute approximate surface area is 517 Å². The first-order chi connectivity index (χ1) is 40.3. The minimum Gasteiger partial charge on any atom is -0.311 e. The number of anilines is 9. The van der Waals surface area contributed by atoms with E-state index in [9.17, 15) is 0 Å². The summed E-state index contributed by atoms with van der Waals surface area (Å²) in [4.78, 5) is 7.92. The Hall–Kier alpha value is -7.56. The van der Waals surface area contributed by atoms with Crippen LogP contribution >= 0.6 is 0 Å². The van der Waals surface area contributed by atoms with Gasteiger partial charge in [-0.1, -0.05) is 247 Å². The Morgan fingerprint density at radius 1 is 0.337 bits per heavy atom. The summed E-state index contributed by atoms with van der Waals surface area (Å²) in [6, 6.07) is 73.7. The van der Waals surface area contributed by atoms with Crippen molar-refractivity contribution in [3.63, 3.8) is 0 Å². The van der Waals surface area contributed by atoms with Gasteiger partial charge in [-0.25, -0.2) is 0 Å². The van der Waals surface area contributed by atoms with Gasteiger partial charge in [0.1, 0.15) is 0 Å². The number of hydrogen-bond acceptors (Lipinski definition) is 3. The molecule has 0 saturated carbocycles. The van der Waals surface area contributed by atoms with Crippen molar-refractivity contribution in [2.45, 2.75) is 182 Å². The Balaban J connectivity index is 1.26. The van der Waals surface area contributed by atoms with Crippen LogP contribution in [0.1, 0.15) is 183 Å². The fraction of sp³-hybridized carbons (Fsp3) is 0.341. The highest BCUT2D eigenvalue weighted by Gasteiger charge is 2.48. The molecule has 2 aliphatic heterocycles. The number of fused-ring (bicyclic) bond motifs is 5. The lowest BCUT2D eigenvalue weighted by Crippen LogP contribution is -2.62. The van der Waals surface area contributed by atoms with E-state index in [1.807, 2.05) is 0 Å². The quantitative estimate of drug-likeness (QED) is 0.147. The second-order valence-electron chi connectivity index (χ2n) is 31.9. The van der Waals surface area contributed by atoms with Crippen molar-refractivity contribution in [3.8, 4) is 22.3 Å². The zero-order chi connectivity index (χ0) is 61.4. The molecular formula is C82H92BN3. The highest BCUT2D eigenvalue weighted by atomic mass is 15.2. The standard InChI is InChI=1S/C82H92BN3/c1-76(2,3)56-35-39-61(40-36-56)85-71-42-38-60(80(13,14)15)48-68(71)83-69-51-66-67(82(18,19)44-43-81(66,16)17)52-72(69)86(70-41-37-59(79(10,11)12)47-65(70)55-33-31-54(32-34-55)53-25-21-20-22-26-53)74-50-64(49-73(85)75(74)83)84(62-29-23-27-57(45-62)77(4,5)6)63-30-24-28-58(46-63)78(7,8)9/h20-42,45-52H,43-44H2,1-19H3. The molecule has 1 aliphatic carbocycles. The van der Waals surface area contributed by atoms with Crippen molar-refractivity contribution in [3.05, 3.63) is 227 Å². The van der Waals surface area contributed by atoms with Crippen LogP contribution in [-0.4, -0.2) is 6.71 Å². The van der Waals surface area contributed by atoms with Crippen LogP contribution in [0.2, 0.25) is 0 Å². The Bertz CT molecular complexity index is 4010. The van der Waals surface area contributed by atoms with Crippen molar-refractivity contribution in [2.24, 2.45) is 0 Å². The molecule has 0 amide bonds. The zero-order valence-electron chi connectivity index (χ0n) is 55.2. The number of nitrogens with zero attached hydrogens (tertiary/aromatic N) is 3. The lowest BCUT2D eigenvalue weighted by molar-refractivity contribution is 0.332. The van der Waals surface area contributed by atoms with E-state index in [1.54, 1.807) is 0 Å². The minimum absolute atomic E-state index is 0.0123. The van der Waals surface area contributed by atoms with E-state index in [4.69, 9.17) is 0 Å². The molecule has 0 bridgehead atoms. The first kappa shape index (κ1) is 58.8. The zero-order valence-corrected chi connectivity index (χ0v) is 55.2. The molecule has 0 unspecified atom stereocenters. The molecule has 9 aromatic carbocycles. The summed E-state index contributed by atoms with van der Waals surface area (Å²) in [5, 5.41) is 0. The van der Waals surface area contributed by atoms with Crippen LogP contribution < -0.4 is 31.1 Å². The third-order valence-electron chi connectivity index (χ3n) is 19.5. The van der Waals surface area contributed by atoms with Crippen LogP contribution in [0.5, 0.6) is 0 Å². The topological polar surface area (TPSA) is 9.72 Å². The van der Waals surface area contributed by atoms with Crippen molar-refractivity contribution >= 4 is 74.3 Å². The van der Waals surface area contributed by atoms with Crippen LogP contribution in [0.4, 0.5) is 51.2 Å². The fourth-order valence-electron chi connectivity index (χ4n) is 13.9. The maximum atomic E-state index is 2.73. The van der Waals surface area contributed by atoms with E-state index in [1.165, 1.54) is 106 Å². The highest BCUT2D eigenvalue weighted by molar-refractivity contribution is 7.00. The number of benzene rings is 9. The van der Waals surface area contributed by atoms with Gasteiger partial charge in [-0.05, 0) is 196 Å². The molecule has 0 radical (unpaired) electrons. The van der Waals surface area contributed by atoms with Gasteiger partial charge in [0.05, 0.1) is 11.4 Å². The molecule has 3 nitrogen and oxygen atoms in total.